The number of anilines is 1. The smallest absolute Gasteiger partial charge is 0.181 e. The Morgan fingerprint density at radius 1 is 1.43 bits per heavy atom. The van der Waals surface area contributed by atoms with Crippen molar-refractivity contribution in [1.82, 2.24) is 4.98 Å². The predicted molar refractivity (Wildman–Crippen MR) is 54.5 cm³/mol. The Morgan fingerprint density at radius 3 is 2.86 bits per heavy atom. The molecule has 4 heteroatoms. The average Bonchev–Trinajstić information content (AvgIpc) is 2.70. The monoisotopic (exact) mass is 189 g/mol. The minimum absolute atomic E-state index is 0.770. The van der Waals surface area contributed by atoms with Crippen LogP contribution in [-0.2, 0) is 0 Å². The molecule has 4 nitrogen and oxygen atoms in total. The van der Waals surface area contributed by atoms with Gasteiger partial charge in [0.05, 0.1) is 6.20 Å². The van der Waals surface area contributed by atoms with Crippen LogP contribution >= 0.6 is 0 Å². The van der Waals surface area contributed by atoms with Crippen LogP contribution in [0.3, 0.4) is 0 Å². The van der Waals surface area contributed by atoms with Gasteiger partial charge in [-0.25, -0.2) is 4.98 Å². The van der Waals surface area contributed by atoms with Crippen molar-refractivity contribution in [1.29, 1.82) is 0 Å². The van der Waals surface area contributed by atoms with Crippen molar-refractivity contribution >= 4 is 5.69 Å². The molecular formula is C10H11N3O. The molecular weight excluding hydrogens is 178 g/mol. The van der Waals surface area contributed by atoms with Crippen molar-refractivity contribution in [2.75, 3.05) is 5.43 Å². The Kier molecular flexibility index (Phi) is 2.20. The summed E-state index contributed by atoms with van der Waals surface area (Å²) in [6, 6.07) is 5.80. The van der Waals surface area contributed by atoms with E-state index in [0.29, 0.717) is 0 Å². The first kappa shape index (κ1) is 8.77. The molecule has 72 valence electrons. The van der Waals surface area contributed by atoms with E-state index in [9.17, 15) is 0 Å². The summed E-state index contributed by atoms with van der Waals surface area (Å²) in [6.07, 6.45) is 3.11. The lowest BCUT2D eigenvalue weighted by Crippen LogP contribution is -2.06. The van der Waals surface area contributed by atoms with Crippen molar-refractivity contribution < 1.29 is 4.42 Å². The van der Waals surface area contributed by atoms with E-state index in [4.69, 9.17) is 10.3 Å². The van der Waals surface area contributed by atoms with Crippen LogP contribution in [0.15, 0.2) is 35.2 Å². The van der Waals surface area contributed by atoms with Gasteiger partial charge in [-0.3, -0.25) is 5.84 Å². The molecule has 0 spiro atoms. The van der Waals surface area contributed by atoms with E-state index in [1.54, 1.807) is 6.20 Å². The Hall–Kier alpha value is -1.81. The van der Waals surface area contributed by atoms with Gasteiger partial charge in [-0.1, -0.05) is 0 Å². The summed E-state index contributed by atoms with van der Waals surface area (Å²) in [4.78, 5) is 3.88. The van der Waals surface area contributed by atoms with Gasteiger partial charge in [-0.05, 0) is 30.7 Å². The number of benzene rings is 1. The summed E-state index contributed by atoms with van der Waals surface area (Å²) in [5, 5.41) is 0. The molecule has 14 heavy (non-hydrogen) atoms. The van der Waals surface area contributed by atoms with Crippen LogP contribution in [-0.4, -0.2) is 4.98 Å². The number of hydrazine groups is 1. The maximum Gasteiger partial charge on any atom is 0.181 e. The minimum Gasteiger partial charge on any atom is -0.444 e. The molecule has 0 bridgehead atoms. The summed E-state index contributed by atoms with van der Waals surface area (Å²) in [6.45, 7) is 2.00. The van der Waals surface area contributed by atoms with Crippen LogP contribution in [0.1, 0.15) is 5.56 Å². The van der Waals surface area contributed by atoms with Gasteiger partial charge in [0.1, 0.15) is 0 Å². The van der Waals surface area contributed by atoms with Crippen LogP contribution in [0.25, 0.3) is 11.3 Å². The van der Waals surface area contributed by atoms with Crippen molar-refractivity contribution in [3.8, 4) is 11.3 Å². The summed E-state index contributed by atoms with van der Waals surface area (Å²) in [7, 11) is 0. The first-order valence-corrected chi connectivity index (χ1v) is 4.27. The molecule has 2 rings (SSSR count). The zero-order chi connectivity index (χ0) is 9.97. The lowest BCUT2D eigenvalue weighted by Gasteiger charge is -2.05. The lowest BCUT2D eigenvalue weighted by molar-refractivity contribution is 0.571. The van der Waals surface area contributed by atoms with Crippen molar-refractivity contribution in [2.24, 2.45) is 5.84 Å². The molecule has 0 fully saturated rings. The summed E-state index contributed by atoms with van der Waals surface area (Å²) in [5.74, 6) is 6.07. The number of nitrogens with two attached hydrogens (primary N) is 1. The number of hydrogen-bond donors (Lipinski definition) is 2. The minimum atomic E-state index is 0.770. The molecule has 1 aromatic heterocycles. The van der Waals surface area contributed by atoms with Crippen LogP contribution in [0.4, 0.5) is 5.69 Å². The fourth-order valence-corrected chi connectivity index (χ4v) is 1.38. The maximum atomic E-state index is 5.30. The molecule has 0 amide bonds. The summed E-state index contributed by atoms with van der Waals surface area (Å²) >= 11 is 0. The van der Waals surface area contributed by atoms with Crippen LogP contribution in [0.5, 0.6) is 0 Å². The van der Waals surface area contributed by atoms with Gasteiger partial charge in [0.25, 0.3) is 0 Å². The zero-order valence-corrected chi connectivity index (χ0v) is 7.82. The Bertz CT molecular complexity index is 423. The standard InChI is InChI=1S/C10H11N3O/c1-7-4-8(13-11)2-3-9(7)10-5-12-6-14-10/h2-6,13H,11H2,1H3. The molecule has 1 heterocycles. The first-order chi connectivity index (χ1) is 6.81. The number of rotatable bonds is 2. The van der Waals surface area contributed by atoms with E-state index in [-0.39, 0.29) is 0 Å². The fraction of sp³-hybridized carbons (Fsp3) is 0.100. The number of aromatic nitrogens is 1. The van der Waals surface area contributed by atoms with Gasteiger partial charge < -0.3 is 9.84 Å². The number of nitrogens with zero attached hydrogens (tertiary/aromatic N) is 1. The Morgan fingerprint density at radius 2 is 2.29 bits per heavy atom. The molecule has 0 saturated carbocycles. The lowest BCUT2D eigenvalue weighted by atomic mass is 10.1. The van der Waals surface area contributed by atoms with Crippen molar-refractivity contribution in [3.05, 3.63) is 36.4 Å². The van der Waals surface area contributed by atoms with Gasteiger partial charge in [0.2, 0.25) is 0 Å². The third kappa shape index (κ3) is 1.47. The molecule has 0 unspecified atom stereocenters. The maximum absolute atomic E-state index is 5.30. The summed E-state index contributed by atoms with van der Waals surface area (Å²) < 4.78 is 5.21. The fourth-order valence-electron chi connectivity index (χ4n) is 1.38. The van der Waals surface area contributed by atoms with Crippen molar-refractivity contribution in [3.63, 3.8) is 0 Å². The highest BCUT2D eigenvalue weighted by atomic mass is 16.3. The second-order valence-electron chi connectivity index (χ2n) is 3.04. The average molecular weight is 189 g/mol. The normalized spacial score (nSPS) is 10.1. The van der Waals surface area contributed by atoms with Gasteiger partial charge in [0, 0.05) is 11.3 Å². The van der Waals surface area contributed by atoms with E-state index in [2.05, 4.69) is 10.4 Å². The van der Waals surface area contributed by atoms with Gasteiger partial charge in [0.15, 0.2) is 12.2 Å². The van der Waals surface area contributed by atoms with E-state index < -0.39 is 0 Å². The second kappa shape index (κ2) is 3.51. The number of nitrogens with one attached hydrogen (secondary N) is 1. The number of aryl methyl sites for hydroxylation is 1. The van der Waals surface area contributed by atoms with E-state index in [1.165, 1.54) is 6.39 Å². The van der Waals surface area contributed by atoms with Crippen LogP contribution < -0.4 is 11.3 Å². The molecule has 0 aliphatic rings. The molecule has 0 aliphatic heterocycles. The molecule has 0 atom stereocenters. The predicted octanol–water partition coefficient (Wildman–Crippen LogP) is 1.94. The highest BCUT2D eigenvalue weighted by molar-refractivity contribution is 5.65. The molecule has 0 radical (unpaired) electrons. The zero-order valence-electron chi connectivity index (χ0n) is 7.82. The topological polar surface area (TPSA) is 64.1 Å². The number of oxazole rings is 1. The second-order valence-corrected chi connectivity index (χ2v) is 3.04. The quantitative estimate of drug-likeness (QED) is 0.559. The molecule has 1 aromatic carbocycles. The number of nitrogen functional groups attached to an aromatic ring is 1. The molecule has 0 aliphatic carbocycles. The summed E-state index contributed by atoms with van der Waals surface area (Å²) in [5.41, 5.74) is 5.60. The van der Waals surface area contributed by atoms with Crippen LogP contribution in [0, 0.1) is 6.92 Å². The van der Waals surface area contributed by atoms with Gasteiger partial charge in [-0.2, -0.15) is 0 Å². The SMILES string of the molecule is Cc1cc(NN)ccc1-c1cnco1. The third-order valence-corrected chi connectivity index (χ3v) is 2.09. The van der Waals surface area contributed by atoms with E-state index in [1.807, 2.05) is 25.1 Å². The van der Waals surface area contributed by atoms with E-state index in [0.717, 1.165) is 22.6 Å². The largest absolute Gasteiger partial charge is 0.444 e. The Balaban J connectivity index is 2.46. The van der Waals surface area contributed by atoms with Gasteiger partial charge >= 0.3 is 0 Å². The molecule has 0 saturated heterocycles. The first-order valence-electron chi connectivity index (χ1n) is 4.27. The van der Waals surface area contributed by atoms with Crippen molar-refractivity contribution in [2.45, 2.75) is 6.92 Å². The highest BCUT2D eigenvalue weighted by Gasteiger charge is 2.05. The van der Waals surface area contributed by atoms with Gasteiger partial charge in [-0.15, -0.1) is 0 Å². The molecule has 3 N–H and O–H groups in total. The van der Waals surface area contributed by atoms with E-state index >= 15 is 0 Å². The number of hydrogen-bond acceptors (Lipinski definition) is 4. The highest BCUT2D eigenvalue weighted by Crippen LogP contribution is 2.24. The Labute approximate surface area is 81.7 Å². The van der Waals surface area contributed by atoms with Crippen LogP contribution in [0.2, 0.25) is 0 Å². The third-order valence-electron chi connectivity index (χ3n) is 2.09. The molecule has 2 aromatic rings.